The lowest BCUT2D eigenvalue weighted by Gasteiger charge is -2.09. The van der Waals surface area contributed by atoms with Gasteiger partial charge in [0, 0.05) is 12.6 Å². The zero-order valence-corrected chi connectivity index (χ0v) is 11.2. The maximum Gasteiger partial charge on any atom is 0.290 e. The first-order valence-corrected chi connectivity index (χ1v) is 6.40. The highest BCUT2D eigenvalue weighted by Crippen LogP contribution is 2.03. The van der Waals surface area contributed by atoms with Crippen molar-refractivity contribution in [2.45, 2.75) is 19.9 Å². The number of hydrogen-bond donors (Lipinski definition) is 2. The zero-order chi connectivity index (χ0) is 14.4. The Morgan fingerprint density at radius 3 is 2.65 bits per heavy atom. The van der Waals surface area contributed by atoms with Gasteiger partial charge in [-0.15, -0.1) is 0 Å². The van der Waals surface area contributed by atoms with Crippen LogP contribution in [0.5, 0.6) is 0 Å². The summed E-state index contributed by atoms with van der Waals surface area (Å²) in [5, 5.41) is 4.03. The van der Waals surface area contributed by atoms with Crippen LogP contribution in [-0.2, 0) is 6.54 Å². The van der Waals surface area contributed by atoms with Crippen LogP contribution >= 0.6 is 0 Å². The Balaban J connectivity index is 2.06. The lowest BCUT2D eigenvalue weighted by molar-refractivity contribution is 0.0955. The first-order chi connectivity index (χ1) is 9.70. The summed E-state index contributed by atoms with van der Waals surface area (Å²) in [6, 6.07) is 12.0. The second-order valence-corrected chi connectivity index (χ2v) is 4.23. The molecule has 0 spiro atoms. The predicted molar refractivity (Wildman–Crippen MR) is 76.3 cm³/mol. The minimum atomic E-state index is -0.390. The topological polar surface area (TPSA) is 76.0 Å². The molecule has 2 N–H and O–H groups in total. The van der Waals surface area contributed by atoms with Crippen molar-refractivity contribution in [3.8, 4) is 0 Å². The predicted octanol–water partition coefficient (Wildman–Crippen LogP) is 1.41. The Morgan fingerprint density at radius 2 is 1.95 bits per heavy atom. The Labute approximate surface area is 116 Å². The average molecular weight is 272 g/mol. The van der Waals surface area contributed by atoms with Crippen LogP contribution in [0.1, 0.15) is 23.8 Å². The van der Waals surface area contributed by atoms with E-state index in [-0.39, 0.29) is 11.3 Å². The van der Waals surface area contributed by atoms with Gasteiger partial charge >= 0.3 is 0 Å². The van der Waals surface area contributed by atoms with Gasteiger partial charge in [-0.25, -0.2) is 4.68 Å². The number of hydrazine groups is 1. The molecule has 6 nitrogen and oxygen atoms in total. The molecule has 6 heteroatoms. The third-order valence-corrected chi connectivity index (χ3v) is 2.63. The quantitative estimate of drug-likeness (QED) is 0.807. The molecular formula is C14H16N4O2. The zero-order valence-electron chi connectivity index (χ0n) is 11.2. The molecule has 0 fully saturated rings. The lowest BCUT2D eigenvalue weighted by Crippen LogP contribution is -2.32. The Morgan fingerprint density at radius 1 is 1.20 bits per heavy atom. The van der Waals surface area contributed by atoms with E-state index in [1.54, 1.807) is 0 Å². The molecule has 1 amide bonds. The van der Waals surface area contributed by atoms with Gasteiger partial charge in [-0.1, -0.05) is 25.1 Å². The minimum absolute atomic E-state index is 0.196. The molecule has 0 radical (unpaired) electrons. The van der Waals surface area contributed by atoms with Gasteiger partial charge in [0.05, 0.1) is 5.69 Å². The van der Waals surface area contributed by atoms with Crippen molar-refractivity contribution in [2.24, 2.45) is 0 Å². The molecule has 0 saturated carbocycles. The SMILES string of the molecule is CCCn1nc(C(=O)NNc2ccccc2)ccc1=O. The van der Waals surface area contributed by atoms with E-state index in [1.165, 1.54) is 16.8 Å². The number of para-hydroxylation sites is 1. The van der Waals surface area contributed by atoms with E-state index >= 15 is 0 Å². The number of carbonyl (C=O) groups excluding carboxylic acids is 1. The number of carbonyl (C=O) groups is 1. The number of amides is 1. The van der Waals surface area contributed by atoms with E-state index in [4.69, 9.17) is 0 Å². The van der Waals surface area contributed by atoms with Gasteiger partial charge in [-0.05, 0) is 24.6 Å². The fourth-order valence-corrected chi connectivity index (χ4v) is 1.66. The summed E-state index contributed by atoms with van der Waals surface area (Å²) in [5.41, 5.74) is 6.07. The van der Waals surface area contributed by atoms with Crippen LogP contribution in [0, 0.1) is 0 Å². The van der Waals surface area contributed by atoms with E-state index in [9.17, 15) is 9.59 Å². The normalized spacial score (nSPS) is 10.1. The summed E-state index contributed by atoms with van der Waals surface area (Å²) >= 11 is 0. The van der Waals surface area contributed by atoms with Crippen LogP contribution in [0.15, 0.2) is 47.3 Å². The number of aryl methyl sites for hydroxylation is 1. The van der Waals surface area contributed by atoms with Crippen LogP contribution < -0.4 is 16.4 Å². The van der Waals surface area contributed by atoms with Gasteiger partial charge < -0.3 is 0 Å². The van der Waals surface area contributed by atoms with Crippen LogP contribution in [-0.4, -0.2) is 15.7 Å². The molecule has 1 heterocycles. The third-order valence-electron chi connectivity index (χ3n) is 2.63. The fourth-order valence-electron chi connectivity index (χ4n) is 1.66. The number of anilines is 1. The van der Waals surface area contributed by atoms with Crippen LogP contribution in [0.25, 0.3) is 0 Å². The maximum atomic E-state index is 11.9. The van der Waals surface area contributed by atoms with Crippen molar-refractivity contribution in [2.75, 3.05) is 5.43 Å². The van der Waals surface area contributed by atoms with E-state index in [0.29, 0.717) is 6.54 Å². The molecule has 1 aromatic heterocycles. The molecule has 0 saturated heterocycles. The summed E-state index contributed by atoms with van der Waals surface area (Å²) in [6.07, 6.45) is 0.778. The van der Waals surface area contributed by atoms with Crippen LogP contribution in [0.3, 0.4) is 0 Å². The Bertz CT molecular complexity index is 637. The first-order valence-electron chi connectivity index (χ1n) is 6.40. The summed E-state index contributed by atoms with van der Waals surface area (Å²) in [5.74, 6) is -0.390. The minimum Gasteiger partial charge on any atom is -0.298 e. The molecule has 2 rings (SSSR count). The molecule has 0 aliphatic carbocycles. The van der Waals surface area contributed by atoms with Crippen molar-refractivity contribution in [1.82, 2.24) is 15.2 Å². The smallest absolute Gasteiger partial charge is 0.290 e. The molecule has 1 aromatic carbocycles. The molecular weight excluding hydrogens is 256 g/mol. The highest BCUT2D eigenvalue weighted by molar-refractivity contribution is 5.92. The molecule has 104 valence electrons. The average Bonchev–Trinajstić information content (AvgIpc) is 2.48. The molecule has 0 atom stereocenters. The van der Waals surface area contributed by atoms with Gasteiger partial charge in [0.2, 0.25) is 0 Å². The molecule has 2 aromatic rings. The molecule has 0 aliphatic heterocycles. The highest BCUT2D eigenvalue weighted by Gasteiger charge is 2.08. The number of benzene rings is 1. The number of aromatic nitrogens is 2. The molecule has 0 aliphatic rings. The van der Waals surface area contributed by atoms with E-state index in [2.05, 4.69) is 16.0 Å². The molecule has 20 heavy (non-hydrogen) atoms. The monoisotopic (exact) mass is 272 g/mol. The van der Waals surface area contributed by atoms with E-state index < -0.39 is 5.91 Å². The van der Waals surface area contributed by atoms with Crippen molar-refractivity contribution >= 4 is 11.6 Å². The van der Waals surface area contributed by atoms with Gasteiger partial charge in [0.25, 0.3) is 11.5 Å². The summed E-state index contributed by atoms with van der Waals surface area (Å²) in [6.45, 7) is 2.43. The van der Waals surface area contributed by atoms with Gasteiger partial charge in [-0.2, -0.15) is 5.10 Å². The van der Waals surface area contributed by atoms with Gasteiger partial charge in [0.15, 0.2) is 5.69 Å². The molecule has 0 unspecified atom stereocenters. The second-order valence-electron chi connectivity index (χ2n) is 4.23. The van der Waals surface area contributed by atoms with Gasteiger partial charge in [-0.3, -0.25) is 20.4 Å². The van der Waals surface area contributed by atoms with Crippen molar-refractivity contribution < 1.29 is 4.79 Å². The highest BCUT2D eigenvalue weighted by atomic mass is 16.2. The van der Waals surface area contributed by atoms with Crippen molar-refractivity contribution in [1.29, 1.82) is 0 Å². The number of nitrogens with zero attached hydrogens (tertiary/aromatic N) is 2. The Hall–Kier alpha value is -2.63. The van der Waals surface area contributed by atoms with Gasteiger partial charge in [0.1, 0.15) is 0 Å². The number of nitrogens with one attached hydrogen (secondary N) is 2. The second kappa shape index (κ2) is 6.51. The fraction of sp³-hybridized carbons (Fsp3) is 0.214. The standard InChI is InChI=1S/C14H16N4O2/c1-2-10-18-13(19)9-8-12(17-18)14(20)16-15-11-6-4-3-5-7-11/h3-9,15H,2,10H2,1H3,(H,16,20). The summed E-state index contributed by atoms with van der Waals surface area (Å²) in [7, 11) is 0. The van der Waals surface area contributed by atoms with E-state index in [0.717, 1.165) is 12.1 Å². The summed E-state index contributed by atoms with van der Waals surface area (Å²) < 4.78 is 1.29. The van der Waals surface area contributed by atoms with Crippen molar-refractivity contribution in [3.05, 3.63) is 58.5 Å². The first kappa shape index (κ1) is 13.8. The third kappa shape index (κ3) is 3.44. The number of rotatable bonds is 5. The Kier molecular flexibility index (Phi) is 4.49. The number of hydrogen-bond acceptors (Lipinski definition) is 4. The van der Waals surface area contributed by atoms with Crippen LogP contribution in [0.2, 0.25) is 0 Å². The van der Waals surface area contributed by atoms with Crippen LogP contribution in [0.4, 0.5) is 5.69 Å². The van der Waals surface area contributed by atoms with Crippen molar-refractivity contribution in [3.63, 3.8) is 0 Å². The summed E-state index contributed by atoms with van der Waals surface area (Å²) in [4.78, 5) is 23.5. The maximum absolute atomic E-state index is 11.9. The van der Waals surface area contributed by atoms with E-state index in [1.807, 2.05) is 37.3 Å². The lowest BCUT2D eigenvalue weighted by atomic mass is 10.3. The molecule has 0 bridgehead atoms. The largest absolute Gasteiger partial charge is 0.298 e.